The van der Waals surface area contributed by atoms with Crippen LogP contribution in [0.4, 0.5) is 11.4 Å². The minimum Gasteiger partial charge on any atom is -0.325 e. The molecule has 25 heavy (non-hydrogen) atoms. The fourth-order valence-corrected chi connectivity index (χ4v) is 4.60. The summed E-state index contributed by atoms with van der Waals surface area (Å²) in [6.45, 7) is 3.87. The number of nitrogens with one attached hydrogen (secondary N) is 2. The van der Waals surface area contributed by atoms with Crippen LogP contribution in [0.3, 0.4) is 0 Å². The zero-order valence-electron chi connectivity index (χ0n) is 14.1. The average molecular weight is 377 g/mol. The van der Waals surface area contributed by atoms with Crippen molar-refractivity contribution < 1.29 is 13.2 Å². The number of thioether (sulfide) groups is 1. The van der Waals surface area contributed by atoms with Gasteiger partial charge in [-0.1, -0.05) is 26.0 Å². The number of hydrogen-bond donors (Lipinski definition) is 2. The first-order valence-corrected chi connectivity index (χ1v) is 10.6. The molecule has 0 saturated carbocycles. The van der Waals surface area contributed by atoms with Gasteiger partial charge in [-0.05, 0) is 42.3 Å². The zero-order valence-corrected chi connectivity index (χ0v) is 15.7. The number of aryl methyl sites for hydroxylation is 1. The molecule has 7 heteroatoms. The smallest absolute Gasteiger partial charge is 0.261 e. The first kappa shape index (κ1) is 17.8. The van der Waals surface area contributed by atoms with Crippen LogP contribution in [0, 0.1) is 5.92 Å². The summed E-state index contributed by atoms with van der Waals surface area (Å²) in [7, 11) is -3.73. The molecule has 0 unspecified atom stereocenters. The van der Waals surface area contributed by atoms with Gasteiger partial charge in [-0.25, -0.2) is 8.42 Å². The van der Waals surface area contributed by atoms with E-state index in [1.807, 2.05) is 32.0 Å². The Kier molecular flexibility index (Phi) is 5.06. The summed E-state index contributed by atoms with van der Waals surface area (Å²) in [6, 6.07) is 12.2. The lowest BCUT2D eigenvalue weighted by molar-refractivity contribution is -0.118. The molecule has 2 aromatic rings. The third kappa shape index (κ3) is 3.99. The van der Waals surface area contributed by atoms with Crippen molar-refractivity contribution in [2.24, 2.45) is 5.92 Å². The largest absolute Gasteiger partial charge is 0.325 e. The quantitative estimate of drug-likeness (QED) is 0.853. The number of rotatable bonds is 4. The van der Waals surface area contributed by atoms with Gasteiger partial charge in [0.15, 0.2) is 0 Å². The summed E-state index contributed by atoms with van der Waals surface area (Å²) in [6.07, 6.45) is 0.829. The molecule has 2 N–H and O–H groups in total. The van der Waals surface area contributed by atoms with Crippen LogP contribution >= 0.6 is 11.8 Å². The highest BCUT2D eigenvalue weighted by atomic mass is 32.2. The van der Waals surface area contributed by atoms with E-state index in [1.54, 1.807) is 30.0 Å². The Morgan fingerprint density at radius 2 is 2.04 bits per heavy atom. The zero-order chi connectivity index (χ0) is 18.0. The van der Waals surface area contributed by atoms with Crippen LogP contribution in [0.5, 0.6) is 0 Å². The second-order valence-electron chi connectivity index (χ2n) is 6.02. The van der Waals surface area contributed by atoms with Gasteiger partial charge in [0.05, 0.1) is 10.6 Å². The number of benzene rings is 2. The third-order valence-corrected chi connectivity index (χ3v) is 6.76. The van der Waals surface area contributed by atoms with Gasteiger partial charge in [-0.2, -0.15) is 0 Å². The molecule has 5 nitrogen and oxygen atoms in total. The first-order chi connectivity index (χ1) is 11.9. The van der Waals surface area contributed by atoms with E-state index >= 15 is 0 Å². The maximum absolute atomic E-state index is 12.7. The molecule has 0 radical (unpaired) electrons. The average Bonchev–Trinajstić information content (AvgIpc) is 2.73. The van der Waals surface area contributed by atoms with Crippen LogP contribution in [0.25, 0.3) is 0 Å². The molecule has 0 aromatic heterocycles. The number of sulfonamides is 1. The van der Waals surface area contributed by atoms with Crippen molar-refractivity contribution in [2.45, 2.75) is 30.1 Å². The van der Waals surface area contributed by atoms with Crippen LogP contribution in [0.15, 0.2) is 52.3 Å². The third-order valence-electron chi connectivity index (χ3n) is 4.04. The molecule has 1 amide bonds. The summed E-state index contributed by atoms with van der Waals surface area (Å²) in [5, 5.41) is 2.81. The molecule has 1 heterocycles. The van der Waals surface area contributed by atoms with Gasteiger partial charge < -0.3 is 5.32 Å². The topological polar surface area (TPSA) is 75.3 Å². The lowest BCUT2D eigenvalue weighted by Gasteiger charge is -2.12. The Balaban J connectivity index is 1.90. The highest BCUT2D eigenvalue weighted by Gasteiger charge is 2.23. The number of amides is 1. The van der Waals surface area contributed by atoms with E-state index in [9.17, 15) is 13.2 Å². The van der Waals surface area contributed by atoms with Crippen molar-refractivity contribution in [2.75, 3.05) is 15.8 Å². The van der Waals surface area contributed by atoms with Gasteiger partial charge in [0.2, 0.25) is 5.91 Å². The summed E-state index contributed by atoms with van der Waals surface area (Å²) in [5.41, 5.74) is 2.13. The van der Waals surface area contributed by atoms with Crippen molar-refractivity contribution in [3.8, 4) is 0 Å². The van der Waals surface area contributed by atoms with Crippen molar-refractivity contribution >= 4 is 39.1 Å². The molecule has 0 spiro atoms. The molecule has 3 rings (SSSR count). The van der Waals surface area contributed by atoms with Crippen molar-refractivity contribution in [1.29, 1.82) is 0 Å². The maximum Gasteiger partial charge on any atom is 0.261 e. The van der Waals surface area contributed by atoms with Crippen molar-refractivity contribution in [3.63, 3.8) is 0 Å². The molecule has 0 bridgehead atoms. The van der Waals surface area contributed by atoms with E-state index in [-0.39, 0.29) is 16.7 Å². The van der Waals surface area contributed by atoms with E-state index in [0.717, 1.165) is 16.9 Å². The second-order valence-corrected chi connectivity index (χ2v) is 8.76. The Hall–Kier alpha value is -1.99. The number of anilines is 2. The molecule has 1 aliphatic rings. The van der Waals surface area contributed by atoms with E-state index in [2.05, 4.69) is 10.0 Å². The van der Waals surface area contributed by atoms with Crippen LogP contribution < -0.4 is 10.0 Å². The van der Waals surface area contributed by atoms with Gasteiger partial charge >= 0.3 is 0 Å². The van der Waals surface area contributed by atoms with E-state index in [4.69, 9.17) is 0 Å². The monoisotopic (exact) mass is 376 g/mol. The molecule has 2 aromatic carbocycles. The molecular weight excluding hydrogens is 356 g/mol. The SMILES string of the molecule is CCc1cccc(NS(=O)(=O)c2ccc3c(c2)NC(=O)[C@@H](C)CS3)c1. The minimum absolute atomic E-state index is 0.0931. The number of fused-ring (bicyclic) bond motifs is 1. The highest BCUT2D eigenvalue weighted by molar-refractivity contribution is 7.99. The van der Waals surface area contributed by atoms with Gasteiger partial charge in [-0.3, -0.25) is 9.52 Å². The summed E-state index contributed by atoms with van der Waals surface area (Å²) in [5.74, 6) is 0.462. The lowest BCUT2D eigenvalue weighted by atomic mass is 10.1. The molecular formula is C18H20N2O3S2. The van der Waals surface area contributed by atoms with Gasteiger partial charge in [-0.15, -0.1) is 11.8 Å². The van der Waals surface area contributed by atoms with Crippen molar-refractivity contribution in [1.82, 2.24) is 0 Å². The molecule has 1 aliphatic heterocycles. The summed E-state index contributed by atoms with van der Waals surface area (Å²) >= 11 is 1.55. The molecule has 0 fully saturated rings. The fraction of sp³-hybridized carbons (Fsp3) is 0.278. The van der Waals surface area contributed by atoms with Crippen LogP contribution in [0.2, 0.25) is 0 Å². The summed E-state index contributed by atoms with van der Waals surface area (Å²) < 4.78 is 28.0. The van der Waals surface area contributed by atoms with E-state index in [0.29, 0.717) is 17.1 Å². The lowest BCUT2D eigenvalue weighted by Crippen LogP contribution is -2.20. The second kappa shape index (κ2) is 7.09. The van der Waals surface area contributed by atoms with Crippen molar-refractivity contribution in [3.05, 3.63) is 48.0 Å². The Bertz CT molecular complexity index is 910. The first-order valence-electron chi connectivity index (χ1n) is 8.08. The molecule has 0 aliphatic carbocycles. The summed E-state index contributed by atoms with van der Waals surface area (Å²) in [4.78, 5) is 13.0. The molecule has 1 atom stereocenters. The molecule has 0 saturated heterocycles. The minimum atomic E-state index is -3.73. The van der Waals surface area contributed by atoms with Gasteiger partial charge in [0.1, 0.15) is 0 Å². The van der Waals surface area contributed by atoms with Gasteiger partial charge in [0, 0.05) is 22.3 Å². The highest BCUT2D eigenvalue weighted by Crippen LogP contribution is 2.34. The van der Waals surface area contributed by atoms with Crippen LogP contribution in [-0.4, -0.2) is 20.1 Å². The fourth-order valence-electron chi connectivity index (χ4n) is 2.52. The Labute approximate surface area is 152 Å². The predicted octanol–water partition coefficient (Wildman–Crippen LogP) is 3.73. The Morgan fingerprint density at radius 1 is 1.24 bits per heavy atom. The number of carbonyl (C=O) groups excluding carboxylic acids is 1. The van der Waals surface area contributed by atoms with E-state index < -0.39 is 10.0 Å². The Morgan fingerprint density at radius 3 is 2.80 bits per heavy atom. The molecule has 132 valence electrons. The standard InChI is InChI=1S/C18H20N2O3S2/c1-3-13-5-4-6-14(9-13)20-25(22,23)15-7-8-17-16(10-15)19-18(21)12(2)11-24-17/h4-10,12,20H,3,11H2,1-2H3,(H,19,21)/t12-/m0/s1. The van der Waals surface area contributed by atoms with Crippen LogP contribution in [0.1, 0.15) is 19.4 Å². The van der Waals surface area contributed by atoms with Crippen LogP contribution in [-0.2, 0) is 21.2 Å². The maximum atomic E-state index is 12.7. The van der Waals surface area contributed by atoms with E-state index in [1.165, 1.54) is 6.07 Å². The number of carbonyl (C=O) groups is 1. The number of hydrogen-bond acceptors (Lipinski definition) is 4. The van der Waals surface area contributed by atoms with Gasteiger partial charge in [0.25, 0.3) is 10.0 Å². The normalized spacial score (nSPS) is 17.4. The predicted molar refractivity (Wildman–Crippen MR) is 102 cm³/mol.